The lowest BCUT2D eigenvalue weighted by atomic mass is 9.44. The number of Topliss-reactive ketones (excluding diaryl/α,β-unsaturated/α-hetero) is 1. The van der Waals surface area contributed by atoms with E-state index in [1.807, 2.05) is 54.6 Å². The Morgan fingerprint density at radius 1 is 0.849 bits per heavy atom. The molecule has 1 N–H and O–H groups in total. The number of nitro benzene ring substituents is 1. The molecule has 0 aromatic heterocycles. The Morgan fingerprint density at radius 2 is 1.57 bits per heavy atom. The van der Waals surface area contributed by atoms with Crippen LogP contribution in [-0.4, -0.2) is 33.4 Å². The second-order valence-corrected chi connectivity index (χ2v) is 14.4. The maximum Gasteiger partial charge on any atom is 0.269 e. The molecule has 10 nitrogen and oxygen atoms in total. The van der Waals surface area contributed by atoms with Crippen LogP contribution in [0.4, 0.5) is 11.4 Å². The zero-order valence-electron chi connectivity index (χ0n) is 28.3. The van der Waals surface area contributed by atoms with Crippen LogP contribution in [0.15, 0.2) is 133 Å². The molecule has 4 aromatic rings. The van der Waals surface area contributed by atoms with Crippen LogP contribution in [-0.2, 0) is 31.0 Å². The highest BCUT2D eigenvalue weighted by molar-refractivity contribution is 6.31. The first-order chi connectivity index (χ1) is 25.7. The van der Waals surface area contributed by atoms with Crippen LogP contribution in [0.1, 0.15) is 29.5 Å². The van der Waals surface area contributed by atoms with E-state index in [1.165, 1.54) is 36.4 Å². The van der Waals surface area contributed by atoms with Crippen molar-refractivity contribution in [3.8, 4) is 11.5 Å². The summed E-state index contributed by atoms with van der Waals surface area (Å²) in [4.78, 5) is 70.9. The normalized spacial score (nSPS) is 27.4. The first-order valence-electron chi connectivity index (χ1n) is 17.6. The molecule has 0 spiro atoms. The zero-order valence-corrected chi connectivity index (χ0v) is 28.3. The molecule has 5 aliphatic rings. The van der Waals surface area contributed by atoms with E-state index in [1.54, 1.807) is 30.5 Å². The summed E-state index contributed by atoms with van der Waals surface area (Å²) in [6, 6.07) is 28.6. The highest BCUT2D eigenvalue weighted by Gasteiger charge is 2.66. The number of ether oxygens (including phenoxy) is 1. The van der Waals surface area contributed by atoms with E-state index < -0.39 is 51.7 Å². The molecule has 0 radical (unpaired) electrons. The molecule has 1 saturated carbocycles. The van der Waals surface area contributed by atoms with E-state index in [0.717, 1.165) is 10.5 Å². The molecule has 1 saturated heterocycles. The largest absolute Gasteiger partial charge is 0.508 e. The summed E-state index contributed by atoms with van der Waals surface area (Å²) >= 11 is 0. The Kier molecular flexibility index (Phi) is 7.41. The average molecular weight is 705 g/mol. The predicted octanol–water partition coefficient (Wildman–Crippen LogP) is 6.68. The third-order valence-corrected chi connectivity index (χ3v) is 11.8. The molecular weight excluding hydrogens is 672 g/mol. The van der Waals surface area contributed by atoms with Crippen LogP contribution in [0.2, 0.25) is 0 Å². The standard InChI is InChI=1S/C43H32N2O8/c46-30-15-18-36-25(20-30)19-26(23-53-36)39-31-16-17-32-38(42(50)44(41(32)49)28-11-13-29(14-12-28)45(51)52)34(31)21-35-40(48)33(24-7-3-1-4-8-24)22-37(47)43(35,39)27-9-5-2-6-10-27/h1-16,18,20,22-23,32,34-35,38-39,46H,17,19,21H2. The van der Waals surface area contributed by atoms with Crippen LogP contribution in [0, 0.1) is 39.7 Å². The van der Waals surface area contributed by atoms with Crippen molar-refractivity contribution in [2.75, 3.05) is 4.90 Å². The Morgan fingerprint density at radius 3 is 2.28 bits per heavy atom. The molecule has 10 heteroatoms. The number of nitro groups is 1. The van der Waals surface area contributed by atoms with E-state index in [-0.39, 0.29) is 41.5 Å². The van der Waals surface area contributed by atoms with Gasteiger partial charge in [0, 0.05) is 41.5 Å². The quantitative estimate of drug-likeness (QED) is 0.105. The lowest BCUT2D eigenvalue weighted by Gasteiger charge is -2.56. The number of aromatic hydroxyl groups is 1. The Labute approximate surface area is 303 Å². The fourth-order valence-corrected chi connectivity index (χ4v) is 9.67. The highest BCUT2D eigenvalue weighted by atomic mass is 16.6. The van der Waals surface area contributed by atoms with E-state index in [4.69, 9.17) is 4.74 Å². The number of imide groups is 1. The topological polar surface area (TPSA) is 144 Å². The predicted molar refractivity (Wildman–Crippen MR) is 193 cm³/mol. The van der Waals surface area contributed by atoms with Gasteiger partial charge >= 0.3 is 0 Å². The van der Waals surface area contributed by atoms with Crippen LogP contribution in [0.5, 0.6) is 11.5 Å². The second-order valence-electron chi connectivity index (χ2n) is 14.4. The Hall–Kier alpha value is -6.42. The molecule has 2 aliphatic heterocycles. The van der Waals surface area contributed by atoms with Gasteiger partial charge in [0.2, 0.25) is 11.8 Å². The van der Waals surface area contributed by atoms with Crippen LogP contribution in [0.25, 0.3) is 5.57 Å². The summed E-state index contributed by atoms with van der Waals surface area (Å²) in [6.07, 6.45) is 5.79. The smallest absolute Gasteiger partial charge is 0.269 e. The zero-order chi connectivity index (χ0) is 36.6. The number of rotatable bonds is 5. The minimum atomic E-state index is -1.40. The Balaban J connectivity index is 1.23. The molecule has 2 heterocycles. The molecule has 2 fully saturated rings. The van der Waals surface area contributed by atoms with Gasteiger partial charge in [-0.1, -0.05) is 72.3 Å². The van der Waals surface area contributed by atoms with Gasteiger partial charge in [-0.15, -0.1) is 0 Å². The number of amides is 2. The summed E-state index contributed by atoms with van der Waals surface area (Å²) in [7, 11) is 0. The summed E-state index contributed by atoms with van der Waals surface area (Å²) in [5.74, 6) is -4.44. The number of carbonyl (C=O) groups excluding carboxylic acids is 4. The molecule has 3 aliphatic carbocycles. The maximum absolute atomic E-state index is 15.2. The van der Waals surface area contributed by atoms with Crippen molar-refractivity contribution in [1.82, 2.24) is 0 Å². The van der Waals surface area contributed by atoms with Gasteiger partial charge in [0.05, 0.1) is 34.1 Å². The number of non-ortho nitro benzene ring substituents is 1. The second kappa shape index (κ2) is 12.1. The third kappa shape index (κ3) is 4.78. The molecular formula is C43H32N2O8. The number of benzene rings is 4. The number of anilines is 1. The lowest BCUT2D eigenvalue weighted by molar-refractivity contribution is -0.384. The van der Waals surface area contributed by atoms with Crippen molar-refractivity contribution in [2.45, 2.75) is 24.7 Å². The van der Waals surface area contributed by atoms with E-state index in [9.17, 15) is 24.8 Å². The highest BCUT2D eigenvalue weighted by Crippen LogP contribution is 2.63. The van der Waals surface area contributed by atoms with Crippen molar-refractivity contribution in [3.05, 3.63) is 159 Å². The molecule has 9 rings (SSSR count). The minimum absolute atomic E-state index is 0.0613. The van der Waals surface area contributed by atoms with Gasteiger partial charge < -0.3 is 9.84 Å². The summed E-state index contributed by atoms with van der Waals surface area (Å²) < 4.78 is 6.17. The first kappa shape index (κ1) is 32.5. The fraction of sp³-hybridized carbons (Fsp3) is 0.209. The third-order valence-electron chi connectivity index (χ3n) is 11.8. The lowest BCUT2D eigenvalue weighted by Crippen LogP contribution is -2.60. The van der Waals surface area contributed by atoms with E-state index in [0.29, 0.717) is 40.0 Å². The summed E-state index contributed by atoms with van der Waals surface area (Å²) in [5.41, 5.74) is 2.49. The minimum Gasteiger partial charge on any atom is -0.508 e. The number of fused-ring (bicyclic) bond motifs is 5. The number of nitrogens with zero attached hydrogens (tertiary/aromatic N) is 2. The van der Waals surface area contributed by atoms with Gasteiger partial charge in [0.15, 0.2) is 11.6 Å². The van der Waals surface area contributed by atoms with Crippen molar-refractivity contribution < 1.29 is 33.9 Å². The van der Waals surface area contributed by atoms with Crippen molar-refractivity contribution in [2.24, 2.45) is 29.6 Å². The van der Waals surface area contributed by atoms with Gasteiger partial charge in [-0.25, -0.2) is 0 Å². The van der Waals surface area contributed by atoms with Gasteiger partial charge in [-0.2, -0.15) is 0 Å². The Bertz CT molecular complexity index is 2350. The van der Waals surface area contributed by atoms with Crippen molar-refractivity contribution in [3.63, 3.8) is 0 Å². The van der Waals surface area contributed by atoms with Crippen molar-refractivity contribution >= 4 is 40.3 Å². The molecule has 262 valence electrons. The summed E-state index contributed by atoms with van der Waals surface area (Å²) in [6.45, 7) is 0. The molecule has 6 atom stereocenters. The number of phenols is 1. The van der Waals surface area contributed by atoms with Gasteiger partial charge in [-0.05, 0) is 71.9 Å². The van der Waals surface area contributed by atoms with Crippen LogP contribution < -0.4 is 9.64 Å². The fourth-order valence-electron chi connectivity index (χ4n) is 9.67. The number of allylic oxidation sites excluding steroid dienone is 5. The number of hydrogen-bond donors (Lipinski definition) is 1. The first-order valence-corrected chi connectivity index (χ1v) is 17.6. The molecule has 0 bridgehead atoms. The van der Waals surface area contributed by atoms with Crippen LogP contribution in [0.3, 0.4) is 0 Å². The van der Waals surface area contributed by atoms with Gasteiger partial charge in [0.25, 0.3) is 5.69 Å². The number of ketones is 2. The SMILES string of the molecule is O=C1C(c2ccccc2)=CC(=O)C2(c3ccccc3)C1CC1C(=CCC3C(=O)N(c4ccc([N+](=O)[O-])cc4)C(=O)C31)C2C1=COc2ccc(O)cc2C1. The van der Waals surface area contributed by atoms with E-state index >= 15 is 9.59 Å². The molecule has 4 aromatic carbocycles. The van der Waals surface area contributed by atoms with Crippen LogP contribution >= 0.6 is 0 Å². The van der Waals surface area contributed by atoms with Gasteiger partial charge in [-0.3, -0.25) is 34.2 Å². The maximum atomic E-state index is 15.2. The van der Waals surface area contributed by atoms with E-state index in [2.05, 4.69) is 0 Å². The number of phenolic OH excluding ortho intramolecular Hbond substituents is 1. The average Bonchev–Trinajstić information content (AvgIpc) is 3.44. The molecule has 2 amide bonds. The monoisotopic (exact) mass is 704 g/mol. The van der Waals surface area contributed by atoms with Crippen molar-refractivity contribution in [1.29, 1.82) is 0 Å². The summed E-state index contributed by atoms with van der Waals surface area (Å²) in [5, 5.41) is 21.8. The number of carbonyl (C=O) groups is 4. The number of hydrogen-bond acceptors (Lipinski definition) is 8. The molecule has 53 heavy (non-hydrogen) atoms. The molecule has 6 unspecified atom stereocenters. The van der Waals surface area contributed by atoms with Gasteiger partial charge in [0.1, 0.15) is 11.5 Å².